The van der Waals surface area contributed by atoms with Crippen molar-refractivity contribution in [2.75, 3.05) is 5.32 Å². The molecule has 2 aromatic carbocycles. The molecule has 0 aliphatic heterocycles. The zero-order chi connectivity index (χ0) is 14.5. The Bertz CT molecular complexity index is 675. The number of phenols is 1. The molecule has 1 amide bonds. The number of carbonyl (C=O) groups is 1. The van der Waals surface area contributed by atoms with Gasteiger partial charge in [-0.1, -0.05) is 28.1 Å². The van der Waals surface area contributed by atoms with Crippen LogP contribution in [0.1, 0.15) is 15.9 Å². The van der Waals surface area contributed by atoms with Crippen LogP contribution in [0.4, 0.5) is 5.69 Å². The van der Waals surface area contributed by atoms with E-state index in [9.17, 15) is 9.90 Å². The van der Waals surface area contributed by atoms with Crippen LogP contribution in [0.3, 0.4) is 0 Å². The Hall–Kier alpha value is -2.32. The smallest absolute Gasteiger partial charge is 0.259 e. The van der Waals surface area contributed by atoms with Crippen molar-refractivity contribution in [3.63, 3.8) is 0 Å². The van der Waals surface area contributed by atoms with E-state index in [1.807, 2.05) is 0 Å². The maximum absolute atomic E-state index is 12.1. The van der Waals surface area contributed by atoms with E-state index in [0.717, 1.165) is 5.56 Å². The molecular formula is C15H11BrN2O2. The lowest BCUT2D eigenvalue weighted by molar-refractivity contribution is 0.102. The summed E-state index contributed by atoms with van der Waals surface area (Å²) in [5.41, 5.74) is 1.69. The summed E-state index contributed by atoms with van der Waals surface area (Å²) < 4.78 is 0.713. The highest BCUT2D eigenvalue weighted by Gasteiger charge is 2.11. The lowest BCUT2D eigenvalue weighted by Gasteiger charge is -2.07. The number of amides is 1. The number of nitrogens with zero attached hydrogens (tertiary/aromatic N) is 1. The number of halogens is 1. The molecule has 5 heteroatoms. The van der Waals surface area contributed by atoms with Crippen LogP contribution in [0.15, 0.2) is 46.9 Å². The molecule has 2 N–H and O–H groups in total. The third-order valence-corrected chi connectivity index (χ3v) is 3.19. The number of carbonyl (C=O) groups excluding carboxylic acids is 1. The van der Waals surface area contributed by atoms with E-state index in [4.69, 9.17) is 5.26 Å². The molecule has 0 aliphatic rings. The van der Waals surface area contributed by atoms with Crippen molar-refractivity contribution in [1.82, 2.24) is 0 Å². The Labute approximate surface area is 124 Å². The first-order valence-corrected chi connectivity index (χ1v) is 6.65. The van der Waals surface area contributed by atoms with E-state index >= 15 is 0 Å². The fourth-order valence-corrected chi connectivity index (χ4v) is 2.05. The van der Waals surface area contributed by atoms with Crippen LogP contribution < -0.4 is 5.32 Å². The van der Waals surface area contributed by atoms with Gasteiger partial charge in [-0.15, -0.1) is 0 Å². The summed E-state index contributed by atoms with van der Waals surface area (Å²) in [4.78, 5) is 12.1. The topological polar surface area (TPSA) is 73.1 Å². The second-order valence-electron chi connectivity index (χ2n) is 4.15. The van der Waals surface area contributed by atoms with Gasteiger partial charge in [0, 0.05) is 10.2 Å². The van der Waals surface area contributed by atoms with E-state index < -0.39 is 5.91 Å². The molecule has 0 radical (unpaired) electrons. The number of hydrogen-bond acceptors (Lipinski definition) is 3. The normalized spacial score (nSPS) is 9.80. The molecular weight excluding hydrogens is 320 g/mol. The summed E-state index contributed by atoms with van der Waals surface area (Å²) in [5.74, 6) is -0.469. The average Bonchev–Trinajstić information content (AvgIpc) is 2.44. The van der Waals surface area contributed by atoms with Gasteiger partial charge in [0.15, 0.2) is 0 Å². The van der Waals surface area contributed by atoms with Crippen molar-refractivity contribution in [2.24, 2.45) is 0 Å². The average molecular weight is 331 g/mol. The van der Waals surface area contributed by atoms with Gasteiger partial charge in [0.25, 0.3) is 5.91 Å². The molecule has 0 bridgehead atoms. The molecule has 100 valence electrons. The van der Waals surface area contributed by atoms with Crippen molar-refractivity contribution in [3.05, 3.63) is 58.1 Å². The summed E-state index contributed by atoms with van der Waals surface area (Å²) in [6, 6.07) is 13.7. The van der Waals surface area contributed by atoms with Crippen molar-refractivity contribution in [2.45, 2.75) is 6.42 Å². The number of rotatable bonds is 3. The van der Waals surface area contributed by atoms with Gasteiger partial charge in [-0.2, -0.15) is 5.26 Å². The van der Waals surface area contributed by atoms with Crippen LogP contribution in [-0.4, -0.2) is 11.0 Å². The van der Waals surface area contributed by atoms with E-state index in [1.165, 1.54) is 6.07 Å². The van der Waals surface area contributed by atoms with Crippen LogP contribution >= 0.6 is 15.9 Å². The summed E-state index contributed by atoms with van der Waals surface area (Å²) in [6.45, 7) is 0. The molecule has 0 spiro atoms. The van der Waals surface area contributed by atoms with Crippen molar-refractivity contribution < 1.29 is 9.90 Å². The lowest BCUT2D eigenvalue weighted by atomic mass is 10.1. The molecule has 0 unspecified atom stereocenters. The maximum Gasteiger partial charge on any atom is 0.259 e. The molecule has 0 saturated heterocycles. The minimum atomic E-state index is -0.392. The van der Waals surface area contributed by atoms with E-state index in [-0.39, 0.29) is 11.3 Å². The van der Waals surface area contributed by atoms with Gasteiger partial charge in [-0.05, 0) is 35.9 Å². The van der Waals surface area contributed by atoms with Gasteiger partial charge in [0.1, 0.15) is 5.75 Å². The number of nitriles is 1. The molecule has 0 atom stereocenters. The highest BCUT2D eigenvalue weighted by atomic mass is 79.9. The minimum Gasteiger partial charge on any atom is -0.507 e. The first-order valence-electron chi connectivity index (χ1n) is 5.86. The van der Waals surface area contributed by atoms with Gasteiger partial charge in [0.05, 0.1) is 18.1 Å². The van der Waals surface area contributed by atoms with Crippen molar-refractivity contribution >= 4 is 27.5 Å². The van der Waals surface area contributed by atoms with Crippen LogP contribution in [0.5, 0.6) is 5.75 Å². The van der Waals surface area contributed by atoms with Crippen molar-refractivity contribution in [1.29, 1.82) is 5.26 Å². The molecule has 2 aromatic rings. The first-order chi connectivity index (χ1) is 9.60. The second-order valence-corrected chi connectivity index (χ2v) is 5.06. The van der Waals surface area contributed by atoms with E-state index in [0.29, 0.717) is 16.6 Å². The molecule has 20 heavy (non-hydrogen) atoms. The zero-order valence-electron chi connectivity index (χ0n) is 10.4. The van der Waals surface area contributed by atoms with Crippen LogP contribution in [0.25, 0.3) is 0 Å². The largest absolute Gasteiger partial charge is 0.507 e. The molecule has 0 saturated carbocycles. The fraction of sp³-hybridized carbons (Fsp3) is 0.0667. The Morgan fingerprint density at radius 2 is 1.95 bits per heavy atom. The summed E-state index contributed by atoms with van der Waals surface area (Å²) in [5, 5.41) is 21.0. The zero-order valence-corrected chi connectivity index (χ0v) is 12.0. The molecule has 0 fully saturated rings. The van der Waals surface area contributed by atoms with Gasteiger partial charge in [0.2, 0.25) is 0 Å². The number of anilines is 1. The Morgan fingerprint density at radius 1 is 1.25 bits per heavy atom. The number of phenolic OH excluding ortho intramolecular Hbond substituents is 1. The third-order valence-electron chi connectivity index (χ3n) is 2.70. The van der Waals surface area contributed by atoms with Crippen LogP contribution in [-0.2, 0) is 6.42 Å². The van der Waals surface area contributed by atoms with Crippen LogP contribution in [0, 0.1) is 11.3 Å². The predicted octanol–water partition coefficient (Wildman–Crippen LogP) is 3.47. The number of hydrogen-bond donors (Lipinski definition) is 2. The van der Waals surface area contributed by atoms with E-state index in [1.54, 1.807) is 36.4 Å². The summed E-state index contributed by atoms with van der Waals surface area (Å²) >= 11 is 3.26. The Balaban J connectivity index is 2.15. The number of aromatic hydroxyl groups is 1. The number of nitrogens with one attached hydrogen (secondary N) is 1. The van der Waals surface area contributed by atoms with Gasteiger partial charge in [-0.3, -0.25) is 4.79 Å². The van der Waals surface area contributed by atoms with E-state index in [2.05, 4.69) is 27.3 Å². The fourth-order valence-electron chi connectivity index (χ4n) is 1.69. The van der Waals surface area contributed by atoms with Crippen molar-refractivity contribution in [3.8, 4) is 11.8 Å². The SMILES string of the molecule is N#CCc1ccc(NC(=O)c2cc(Br)ccc2O)cc1. The molecule has 0 aliphatic carbocycles. The molecule has 4 nitrogen and oxygen atoms in total. The predicted molar refractivity (Wildman–Crippen MR) is 79.5 cm³/mol. The Morgan fingerprint density at radius 3 is 2.60 bits per heavy atom. The lowest BCUT2D eigenvalue weighted by Crippen LogP contribution is -2.12. The van der Waals surface area contributed by atoms with Gasteiger partial charge < -0.3 is 10.4 Å². The highest BCUT2D eigenvalue weighted by molar-refractivity contribution is 9.10. The minimum absolute atomic E-state index is 0.0770. The monoisotopic (exact) mass is 330 g/mol. The van der Waals surface area contributed by atoms with Gasteiger partial charge in [-0.25, -0.2) is 0 Å². The van der Waals surface area contributed by atoms with Crippen LogP contribution in [0.2, 0.25) is 0 Å². The molecule has 2 rings (SSSR count). The quantitative estimate of drug-likeness (QED) is 0.904. The Kier molecular flexibility index (Phi) is 4.38. The molecule has 0 heterocycles. The third kappa shape index (κ3) is 3.37. The highest BCUT2D eigenvalue weighted by Crippen LogP contribution is 2.23. The summed E-state index contributed by atoms with van der Waals surface area (Å²) in [6.07, 6.45) is 0.334. The van der Waals surface area contributed by atoms with Gasteiger partial charge >= 0.3 is 0 Å². The maximum atomic E-state index is 12.1. The first kappa shape index (κ1) is 14.1. The standard InChI is InChI=1S/C15H11BrN2O2/c16-11-3-6-14(19)13(9-11)15(20)18-12-4-1-10(2-5-12)7-8-17/h1-6,9,19H,7H2,(H,18,20). The molecule has 0 aromatic heterocycles. The second kappa shape index (κ2) is 6.22. The number of benzene rings is 2. The summed E-state index contributed by atoms with van der Waals surface area (Å²) in [7, 11) is 0.